The molecule has 0 saturated heterocycles. The van der Waals surface area contributed by atoms with Crippen molar-refractivity contribution in [1.29, 1.82) is 0 Å². The second-order valence-electron chi connectivity index (χ2n) is 1.80. The summed E-state index contributed by atoms with van der Waals surface area (Å²) in [5, 5.41) is 7.87. The smallest absolute Gasteiger partial charge is 0.403 e. The number of carboxylic acids is 1. The fourth-order valence-electron chi connectivity index (χ4n) is 0.113. The van der Waals surface area contributed by atoms with Gasteiger partial charge >= 0.3 is 11.4 Å². The standard InChI is InChI=1S/C3H5ClO2.C3H7NO2/c1-2-6-3(4)5;1-2(4)3(5)6/h2H2,1H3;2H,4H2,1H3,(H,5,6)/t;2-/m.0/s1. The number of hydrogen-bond acceptors (Lipinski definition) is 4. The summed E-state index contributed by atoms with van der Waals surface area (Å²) in [7, 11) is 0. The Balaban J connectivity index is 0. The Kier molecular flexibility index (Phi) is 9.50. The molecule has 0 aromatic heterocycles. The summed E-state index contributed by atoms with van der Waals surface area (Å²) in [6, 6.07) is -0.731. The summed E-state index contributed by atoms with van der Waals surface area (Å²) in [5.41, 5.74) is 4.10. The lowest BCUT2D eigenvalue weighted by Crippen LogP contribution is -2.25. The molecule has 0 aromatic carbocycles. The molecule has 0 aliphatic rings. The van der Waals surface area contributed by atoms with Crippen LogP contribution < -0.4 is 5.73 Å². The summed E-state index contributed by atoms with van der Waals surface area (Å²) in [5.74, 6) is -0.963. The molecule has 0 saturated carbocycles. The van der Waals surface area contributed by atoms with E-state index in [1.54, 1.807) is 6.92 Å². The molecule has 0 aliphatic heterocycles. The van der Waals surface area contributed by atoms with Gasteiger partial charge in [-0.3, -0.25) is 4.79 Å². The second-order valence-corrected chi connectivity index (χ2v) is 2.11. The monoisotopic (exact) mass is 197 g/mol. The van der Waals surface area contributed by atoms with Crippen LogP contribution in [0, 0.1) is 0 Å². The topological polar surface area (TPSA) is 89.6 Å². The molecule has 0 spiro atoms. The first-order chi connectivity index (χ1) is 5.41. The third-order valence-electron chi connectivity index (χ3n) is 0.647. The quantitative estimate of drug-likeness (QED) is 0.639. The molecule has 0 fully saturated rings. The Morgan fingerprint density at radius 3 is 2.00 bits per heavy atom. The summed E-state index contributed by atoms with van der Waals surface area (Å²) in [6.45, 7) is 3.46. The molecule has 0 radical (unpaired) electrons. The zero-order valence-corrected chi connectivity index (χ0v) is 7.67. The highest BCUT2D eigenvalue weighted by Crippen LogP contribution is 1.82. The van der Waals surface area contributed by atoms with E-state index >= 15 is 0 Å². The van der Waals surface area contributed by atoms with Crippen LogP contribution >= 0.6 is 11.6 Å². The first-order valence-corrected chi connectivity index (χ1v) is 3.60. The van der Waals surface area contributed by atoms with Crippen LogP contribution in [-0.4, -0.2) is 29.2 Å². The number of carbonyl (C=O) groups is 2. The highest BCUT2D eigenvalue weighted by atomic mass is 35.5. The highest BCUT2D eigenvalue weighted by Gasteiger charge is 1.99. The van der Waals surface area contributed by atoms with Gasteiger partial charge in [-0.1, -0.05) is 0 Å². The van der Waals surface area contributed by atoms with Gasteiger partial charge < -0.3 is 15.6 Å². The second kappa shape index (κ2) is 8.29. The van der Waals surface area contributed by atoms with Crippen LogP contribution in [0.15, 0.2) is 0 Å². The van der Waals surface area contributed by atoms with E-state index in [-0.39, 0.29) is 0 Å². The van der Waals surface area contributed by atoms with Crippen LogP contribution in [0.4, 0.5) is 4.79 Å². The molecular weight excluding hydrogens is 186 g/mol. The Morgan fingerprint density at radius 2 is 2.00 bits per heavy atom. The molecule has 0 bridgehead atoms. The van der Waals surface area contributed by atoms with Gasteiger partial charge in [0.2, 0.25) is 0 Å². The molecule has 5 nitrogen and oxygen atoms in total. The van der Waals surface area contributed by atoms with Crippen molar-refractivity contribution in [3.05, 3.63) is 0 Å². The van der Waals surface area contributed by atoms with E-state index in [1.807, 2.05) is 0 Å². The minimum absolute atomic E-state index is 0.350. The van der Waals surface area contributed by atoms with E-state index in [0.29, 0.717) is 6.61 Å². The predicted molar refractivity (Wildman–Crippen MR) is 44.2 cm³/mol. The van der Waals surface area contributed by atoms with Crippen molar-refractivity contribution in [2.75, 3.05) is 6.61 Å². The van der Waals surface area contributed by atoms with Gasteiger partial charge in [0, 0.05) is 11.6 Å². The van der Waals surface area contributed by atoms with Crippen molar-refractivity contribution in [1.82, 2.24) is 0 Å². The number of rotatable bonds is 2. The summed E-state index contributed by atoms with van der Waals surface area (Å²) < 4.78 is 4.17. The number of aliphatic carboxylic acids is 1. The fraction of sp³-hybridized carbons (Fsp3) is 0.667. The van der Waals surface area contributed by atoms with Crippen molar-refractivity contribution in [3.63, 3.8) is 0 Å². The number of carboxylic acid groups (broad SMARTS) is 1. The maximum atomic E-state index is 9.59. The average molecular weight is 198 g/mol. The molecule has 3 N–H and O–H groups in total. The molecule has 0 aromatic rings. The predicted octanol–water partition coefficient (Wildman–Crippen LogP) is 0.800. The van der Waals surface area contributed by atoms with E-state index in [9.17, 15) is 9.59 Å². The molecular formula is C6H12ClNO4. The molecule has 0 amide bonds. The number of carbonyl (C=O) groups excluding carboxylic acids is 1. The molecule has 1 atom stereocenters. The van der Waals surface area contributed by atoms with E-state index in [2.05, 4.69) is 4.74 Å². The zero-order valence-electron chi connectivity index (χ0n) is 6.91. The maximum Gasteiger partial charge on any atom is 0.403 e. The van der Waals surface area contributed by atoms with E-state index in [1.165, 1.54) is 6.92 Å². The van der Waals surface area contributed by atoms with Gasteiger partial charge in [-0.2, -0.15) is 0 Å². The minimum Gasteiger partial charge on any atom is -0.480 e. The molecule has 72 valence electrons. The molecule has 0 unspecified atom stereocenters. The summed E-state index contributed by atoms with van der Waals surface area (Å²) in [6.07, 6.45) is 0. The van der Waals surface area contributed by atoms with Crippen molar-refractivity contribution in [2.45, 2.75) is 19.9 Å². The first kappa shape index (κ1) is 13.8. The van der Waals surface area contributed by atoms with E-state index < -0.39 is 17.4 Å². The highest BCUT2D eigenvalue weighted by molar-refractivity contribution is 6.61. The first-order valence-electron chi connectivity index (χ1n) is 3.22. The van der Waals surface area contributed by atoms with E-state index in [4.69, 9.17) is 22.4 Å². The van der Waals surface area contributed by atoms with Crippen molar-refractivity contribution in [2.24, 2.45) is 5.73 Å². The van der Waals surface area contributed by atoms with Crippen LogP contribution in [0.1, 0.15) is 13.8 Å². The van der Waals surface area contributed by atoms with E-state index in [0.717, 1.165) is 0 Å². The normalized spacial score (nSPS) is 10.7. The Hall–Kier alpha value is -0.810. The van der Waals surface area contributed by atoms with Crippen LogP contribution in [0.25, 0.3) is 0 Å². The number of nitrogens with two attached hydrogens (primary N) is 1. The van der Waals surface area contributed by atoms with Gasteiger partial charge in [-0.25, -0.2) is 4.79 Å². The lowest BCUT2D eigenvalue weighted by atomic mass is 10.4. The summed E-state index contributed by atoms with van der Waals surface area (Å²) in [4.78, 5) is 19.2. The number of ether oxygens (including phenoxy) is 1. The maximum absolute atomic E-state index is 9.59. The van der Waals surface area contributed by atoms with Crippen LogP contribution in [0.2, 0.25) is 0 Å². The average Bonchev–Trinajstić information content (AvgIpc) is 1.87. The van der Waals surface area contributed by atoms with Crippen LogP contribution in [0.3, 0.4) is 0 Å². The van der Waals surface area contributed by atoms with Gasteiger partial charge in [0.05, 0.1) is 6.61 Å². The lowest BCUT2D eigenvalue weighted by Gasteiger charge is -1.90. The van der Waals surface area contributed by atoms with Gasteiger partial charge in [-0.15, -0.1) is 0 Å². The van der Waals surface area contributed by atoms with Crippen molar-refractivity contribution < 1.29 is 19.4 Å². The third kappa shape index (κ3) is 16.1. The lowest BCUT2D eigenvalue weighted by molar-refractivity contribution is -0.138. The molecule has 6 heteroatoms. The Bertz CT molecular complexity index is 148. The zero-order chi connectivity index (χ0) is 10.1. The van der Waals surface area contributed by atoms with Gasteiger partial charge in [0.1, 0.15) is 6.04 Å². The van der Waals surface area contributed by atoms with Gasteiger partial charge in [0.15, 0.2) is 0 Å². The largest absolute Gasteiger partial charge is 0.480 e. The van der Waals surface area contributed by atoms with Crippen molar-refractivity contribution in [3.8, 4) is 0 Å². The molecule has 12 heavy (non-hydrogen) atoms. The summed E-state index contributed by atoms with van der Waals surface area (Å²) >= 11 is 4.72. The van der Waals surface area contributed by atoms with Crippen LogP contribution in [-0.2, 0) is 9.53 Å². The molecule has 0 rings (SSSR count). The Morgan fingerprint density at radius 1 is 1.67 bits per heavy atom. The van der Waals surface area contributed by atoms with Crippen LogP contribution in [0.5, 0.6) is 0 Å². The number of halogens is 1. The molecule has 0 heterocycles. The SMILES string of the molecule is CCOC(=O)Cl.C[C@H](N)C(=O)O. The fourth-order valence-corrected chi connectivity index (χ4v) is 0.223. The van der Waals surface area contributed by atoms with Crippen molar-refractivity contribution >= 4 is 23.0 Å². The van der Waals surface area contributed by atoms with Gasteiger partial charge in [0.25, 0.3) is 0 Å². The number of hydrogen-bond donors (Lipinski definition) is 2. The Labute approximate surface area is 75.4 Å². The van der Waals surface area contributed by atoms with Gasteiger partial charge in [-0.05, 0) is 13.8 Å². The minimum atomic E-state index is -0.963. The molecule has 0 aliphatic carbocycles. The third-order valence-corrected chi connectivity index (χ3v) is 0.756.